The first-order valence-electron chi connectivity index (χ1n) is 5.86. The first-order valence-corrected chi connectivity index (χ1v) is 6.68. The highest BCUT2D eigenvalue weighted by atomic mass is 32.2. The van der Waals surface area contributed by atoms with Gasteiger partial charge in [-0.2, -0.15) is 0 Å². The number of benzene rings is 1. The van der Waals surface area contributed by atoms with Crippen LogP contribution in [0.4, 0.5) is 0 Å². The molecular formula is C12H16N4OS. The smallest absolute Gasteiger partial charge is 0.326 e. The Hall–Kier alpha value is -1.53. The zero-order valence-electron chi connectivity index (χ0n) is 10.2. The van der Waals surface area contributed by atoms with Gasteiger partial charge in [0, 0.05) is 18.0 Å². The summed E-state index contributed by atoms with van der Waals surface area (Å²) in [5.74, 6) is 0. The van der Waals surface area contributed by atoms with E-state index in [-0.39, 0.29) is 5.69 Å². The number of hydrogen-bond donors (Lipinski definition) is 2. The number of nitrogens with one attached hydrogen (secondary N) is 1. The molecule has 1 heterocycles. The molecule has 0 atom stereocenters. The maximum atomic E-state index is 11.5. The van der Waals surface area contributed by atoms with E-state index in [0.29, 0.717) is 18.2 Å². The van der Waals surface area contributed by atoms with E-state index in [9.17, 15) is 4.79 Å². The third-order valence-electron chi connectivity index (χ3n) is 2.54. The van der Waals surface area contributed by atoms with Gasteiger partial charge in [-0.1, -0.05) is 19.1 Å². The van der Waals surface area contributed by atoms with Gasteiger partial charge in [0.2, 0.25) is 0 Å². The zero-order valence-corrected chi connectivity index (χ0v) is 11.0. The monoisotopic (exact) mass is 264 g/mol. The van der Waals surface area contributed by atoms with Crippen LogP contribution in [0.1, 0.15) is 18.9 Å². The van der Waals surface area contributed by atoms with Crippen LogP contribution in [0.15, 0.2) is 39.1 Å². The van der Waals surface area contributed by atoms with Crippen LogP contribution in [0.5, 0.6) is 0 Å². The van der Waals surface area contributed by atoms with Gasteiger partial charge in [-0.25, -0.2) is 9.89 Å². The number of hydrogen-bond acceptors (Lipinski definition) is 4. The molecule has 0 spiro atoms. The first-order chi connectivity index (χ1) is 8.74. The minimum atomic E-state index is -0.155. The maximum absolute atomic E-state index is 11.5. The summed E-state index contributed by atoms with van der Waals surface area (Å²) >= 11 is 1.47. The molecule has 0 fully saturated rings. The average molecular weight is 264 g/mol. The molecule has 0 aliphatic heterocycles. The van der Waals surface area contributed by atoms with Gasteiger partial charge < -0.3 is 5.73 Å². The second-order valence-corrected chi connectivity index (χ2v) is 4.95. The molecule has 1 aromatic carbocycles. The summed E-state index contributed by atoms with van der Waals surface area (Å²) in [4.78, 5) is 12.6. The van der Waals surface area contributed by atoms with E-state index >= 15 is 0 Å². The van der Waals surface area contributed by atoms with E-state index in [2.05, 4.69) is 10.2 Å². The molecule has 5 nitrogen and oxygen atoms in total. The Bertz CT molecular complexity index is 558. The van der Waals surface area contributed by atoms with E-state index in [1.165, 1.54) is 11.8 Å². The Kier molecular flexibility index (Phi) is 4.22. The van der Waals surface area contributed by atoms with Crippen molar-refractivity contribution in [3.63, 3.8) is 0 Å². The molecule has 2 aromatic rings. The lowest BCUT2D eigenvalue weighted by Crippen LogP contribution is -2.17. The molecule has 6 heteroatoms. The predicted molar refractivity (Wildman–Crippen MR) is 71.6 cm³/mol. The van der Waals surface area contributed by atoms with Crippen molar-refractivity contribution < 1.29 is 0 Å². The Morgan fingerprint density at radius 2 is 2.11 bits per heavy atom. The van der Waals surface area contributed by atoms with Crippen molar-refractivity contribution in [2.75, 3.05) is 0 Å². The summed E-state index contributed by atoms with van der Waals surface area (Å²) in [7, 11) is 0. The number of nitrogens with zero attached hydrogens (tertiary/aromatic N) is 2. The van der Waals surface area contributed by atoms with E-state index < -0.39 is 0 Å². The molecule has 2 rings (SSSR count). The highest BCUT2D eigenvalue weighted by molar-refractivity contribution is 7.99. The van der Waals surface area contributed by atoms with Crippen molar-refractivity contribution in [1.82, 2.24) is 14.8 Å². The fraction of sp³-hybridized carbons (Fsp3) is 0.333. The fourth-order valence-electron chi connectivity index (χ4n) is 1.60. The van der Waals surface area contributed by atoms with E-state index in [1.54, 1.807) is 4.57 Å². The Morgan fingerprint density at radius 1 is 1.39 bits per heavy atom. The second kappa shape index (κ2) is 5.88. The highest BCUT2D eigenvalue weighted by Crippen LogP contribution is 2.25. The molecule has 0 unspecified atom stereocenters. The topological polar surface area (TPSA) is 76.7 Å². The van der Waals surface area contributed by atoms with E-state index in [0.717, 1.165) is 16.9 Å². The lowest BCUT2D eigenvalue weighted by atomic mass is 10.2. The molecule has 0 aliphatic carbocycles. The molecule has 96 valence electrons. The van der Waals surface area contributed by atoms with Crippen molar-refractivity contribution >= 4 is 11.8 Å². The van der Waals surface area contributed by atoms with Crippen LogP contribution in [0.3, 0.4) is 0 Å². The van der Waals surface area contributed by atoms with Crippen molar-refractivity contribution in [1.29, 1.82) is 0 Å². The van der Waals surface area contributed by atoms with E-state index in [1.807, 2.05) is 31.2 Å². The largest absolute Gasteiger partial charge is 0.343 e. The summed E-state index contributed by atoms with van der Waals surface area (Å²) < 4.78 is 1.65. The van der Waals surface area contributed by atoms with Gasteiger partial charge in [0.1, 0.15) is 0 Å². The minimum absolute atomic E-state index is 0.155. The summed E-state index contributed by atoms with van der Waals surface area (Å²) in [5, 5.41) is 7.21. The van der Waals surface area contributed by atoms with Gasteiger partial charge in [0.25, 0.3) is 0 Å². The lowest BCUT2D eigenvalue weighted by molar-refractivity contribution is 0.604. The third kappa shape index (κ3) is 2.83. The molecular weight excluding hydrogens is 248 g/mol. The molecule has 3 N–H and O–H groups in total. The standard InChI is InChI=1S/C12H16N4OS/c1-2-7-16-11(17)14-15-12(16)18-10-5-3-9(8-13)4-6-10/h3-6H,2,7-8,13H2,1H3,(H,14,17). The molecule has 0 aliphatic rings. The maximum Gasteiger partial charge on any atom is 0.343 e. The van der Waals surface area contributed by atoms with Crippen molar-refractivity contribution in [3.8, 4) is 0 Å². The van der Waals surface area contributed by atoms with Crippen LogP contribution in [0, 0.1) is 0 Å². The first kappa shape index (κ1) is 12.9. The molecule has 1 aromatic heterocycles. The number of aromatic nitrogens is 3. The second-order valence-electron chi connectivity index (χ2n) is 3.91. The summed E-state index contributed by atoms with van der Waals surface area (Å²) in [5.41, 5.74) is 6.49. The Labute approximate surface area is 109 Å². The van der Waals surface area contributed by atoms with E-state index in [4.69, 9.17) is 5.73 Å². The van der Waals surface area contributed by atoms with Crippen LogP contribution in [-0.2, 0) is 13.1 Å². The van der Waals surface area contributed by atoms with Gasteiger partial charge in [0.05, 0.1) is 0 Å². The molecule has 18 heavy (non-hydrogen) atoms. The minimum Gasteiger partial charge on any atom is -0.326 e. The van der Waals surface area contributed by atoms with Gasteiger partial charge in [-0.05, 0) is 35.9 Å². The summed E-state index contributed by atoms with van der Waals surface area (Å²) in [6, 6.07) is 7.94. The van der Waals surface area contributed by atoms with Crippen LogP contribution in [0.2, 0.25) is 0 Å². The number of aromatic amines is 1. The number of H-pyrrole nitrogens is 1. The fourth-order valence-corrected chi connectivity index (χ4v) is 2.46. The third-order valence-corrected chi connectivity index (χ3v) is 3.54. The molecule has 0 bridgehead atoms. The van der Waals surface area contributed by atoms with Crippen molar-refractivity contribution in [2.45, 2.75) is 36.5 Å². The van der Waals surface area contributed by atoms with Crippen molar-refractivity contribution in [2.24, 2.45) is 5.73 Å². The molecule has 0 radical (unpaired) electrons. The van der Waals surface area contributed by atoms with Gasteiger partial charge >= 0.3 is 5.69 Å². The molecule has 0 saturated carbocycles. The van der Waals surface area contributed by atoms with Gasteiger partial charge in [-0.15, -0.1) is 5.10 Å². The Balaban J connectivity index is 2.20. The Morgan fingerprint density at radius 3 is 2.72 bits per heavy atom. The normalized spacial score (nSPS) is 10.8. The number of nitrogens with two attached hydrogens (primary N) is 1. The van der Waals surface area contributed by atoms with Crippen LogP contribution in [-0.4, -0.2) is 14.8 Å². The zero-order chi connectivity index (χ0) is 13.0. The van der Waals surface area contributed by atoms with Crippen LogP contribution < -0.4 is 11.4 Å². The lowest BCUT2D eigenvalue weighted by Gasteiger charge is -2.04. The molecule has 0 amide bonds. The highest BCUT2D eigenvalue weighted by Gasteiger charge is 2.08. The SMILES string of the molecule is CCCn1c(Sc2ccc(CN)cc2)n[nH]c1=O. The van der Waals surface area contributed by atoms with Crippen molar-refractivity contribution in [3.05, 3.63) is 40.3 Å². The van der Waals surface area contributed by atoms with Gasteiger partial charge in [0.15, 0.2) is 5.16 Å². The number of rotatable bonds is 5. The average Bonchev–Trinajstić information content (AvgIpc) is 2.73. The summed E-state index contributed by atoms with van der Waals surface area (Å²) in [6.07, 6.45) is 0.902. The van der Waals surface area contributed by atoms with Crippen LogP contribution in [0.25, 0.3) is 0 Å². The van der Waals surface area contributed by atoms with Crippen LogP contribution >= 0.6 is 11.8 Å². The van der Waals surface area contributed by atoms with Gasteiger partial charge in [-0.3, -0.25) is 4.57 Å². The predicted octanol–water partition coefficient (Wildman–Crippen LogP) is 1.59. The molecule has 0 saturated heterocycles. The summed E-state index contributed by atoms with van der Waals surface area (Å²) in [6.45, 7) is 3.25. The quantitative estimate of drug-likeness (QED) is 0.859.